The van der Waals surface area contributed by atoms with E-state index in [0.29, 0.717) is 12.2 Å². The van der Waals surface area contributed by atoms with Gasteiger partial charge in [-0.1, -0.05) is 66.7 Å². The van der Waals surface area contributed by atoms with E-state index in [-0.39, 0.29) is 19.6 Å². The summed E-state index contributed by atoms with van der Waals surface area (Å²) in [5, 5.41) is 4.60. The van der Waals surface area contributed by atoms with Gasteiger partial charge in [0.15, 0.2) is 9.03 Å². The number of nitrogens with zero attached hydrogens (tertiary/aromatic N) is 1. The van der Waals surface area contributed by atoms with Crippen LogP contribution in [0.1, 0.15) is 31.6 Å². The molecule has 3 unspecified atom stereocenters. The first-order valence-electron chi connectivity index (χ1n) is 14.2. The summed E-state index contributed by atoms with van der Waals surface area (Å²) in [4.78, 5) is 48.2. The molecular formula is C29H31FN3O11P3. The number of esters is 1. The second-order valence-electron chi connectivity index (χ2n) is 10.2. The van der Waals surface area contributed by atoms with Gasteiger partial charge in [0.1, 0.15) is 24.6 Å². The number of aromatic amines is 1. The van der Waals surface area contributed by atoms with Crippen molar-refractivity contribution >= 4 is 42.1 Å². The summed E-state index contributed by atoms with van der Waals surface area (Å²) >= 11 is 0. The normalized spacial score (nSPS) is 19.0. The highest BCUT2D eigenvalue weighted by Crippen LogP contribution is 2.54. The van der Waals surface area contributed by atoms with Crippen LogP contribution in [0.25, 0.3) is 10.8 Å². The van der Waals surface area contributed by atoms with E-state index in [4.69, 9.17) is 27.1 Å². The Morgan fingerprint density at radius 1 is 1.15 bits per heavy atom. The topological polar surface area (TPSA) is 177 Å². The van der Waals surface area contributed by atoms with Gasteiger partial charge in [0.05, 0.1) is 18.9 Å². The average molecular weight is 709 g/mol. The van der Waals surface area contributed by atoms with Gasteiger partial charge in [0.2, 0.25) is 5.82 Å². The van der Waals surface area contributed by atoms with Crippen LogP contribution in [0.5, 0.6) is 5.75 Å². The van der Waals surface area contributed by atoms with Crippen molar-refractivity contribution in [3.05, 3.63) is 111 Å². The Labute approximate surface area is 270 Å². The van der Waals surface area contributed by atoms with E-state index in [1.165, 1.54) is 0 Å². The number of ether oxygens (including phenoxy) is 2. The molecule has 0 bridgehead atoms. The van der Waals surface area contributed by atoms with Crippen molar-refractivity contribution in [3.8, 4) is 5.75 Å². The van der Waals surface area contributed by atoms with Gasteiger partial charge in [-0.05, 0) is 36.8 Å². The second-order valence-corrected chi connectivity index (χ2v) is 14.0. The molecule has 18 heteroatoms. The fraction of sp³-hybridized carbons (Fsp3) is 0.276. The Morgan fingerprint density at radius 3 is 2.70 bits per heavy atom. The summed E-state index contributed by atoms with van der Waals surface area (Å²) in [7, 11) is -7.85. The van der Waals surface area contributed by atoms with Gasteiger partial charge in [0.25, 0.3) is 5.56 Å². The number of phosphoric ester groups is 1. The molecule has 1 aliphatic rings. The van der Waals surface area contributed by atoms with Crippen molar-refractivity contribution in [2.45, 2.75) is 44.7 Å². The van der Waals surface area contributed by atoms with Crippen LogP contribution in [0.15, 0.2) is 88.6 Å². The maximum atomic E-state index is 13.7. The van der Waals surface area contributed by atoms with Crippen molar-refractivity contribution in [2.75, 3.05) is 6.61 Å². The molecule has 3 aromatic carbocycles. The lowest BCUT2D eigenvalue weighted by Crippen LogP contribution is -2.34. The van der Waals surface area contributed by atoms with Crippen molar-refractivity contribution in [1.29, 1.82) is 0 Å². The highest BCUT2D eigenvalue weighted by atomic mass is 31.3. The van der Waals surface area contributed by atoms with Crippen LogP contribution in [0.4, 0.5) is 4.39 Å². The van der Waals surface area contributed by atoms with Crippen LogP contribution in [0, 0.1) is 5.82 Å². The standard InChI is InChI=1S/C29H31FN3O11P3/c1-19(28(35)39-17-20-8-3-2-4-9-20)32-46(42-25-13-7-11-21-10-5-6-12-23(21)25)43-45-44-47(37,38)40-18-22-14-15-26(41-22)33-16-24(30)27(34)31-29(33)36/h2-13,16,19,22,26,32,45H,14-15,17-18H2,1H3,(H,37,38)(H,31,34,36)/t19-,22-,26+,46?/m0/s1. The lowest BCUT2D eigenvalue weighted by molar-refractivity contribution is -0.146. The third-order valence-corrected chi connectivity index (χ3v) is 10.4. The average Bonchev–Trinajstić information content (AvgIpc) is 3.54. The Morgan fingerprint density at radius 2 is 1.89 bits per heavy atom. The lowest BCUT2D eigenvalue weighted by Gasteiger charge is -2.22. The van der Waals surface area contributed by atoms with Gasteiger partial charge in [-0.25, -0.2) is 18.8 Å². The number of fused-ring (bicyclic) bond motifs is 1. The van der Waals surface area contributed by atoms with Crippen LogP contribution >= 0.6 is 25.4 Å². The first-order valence-corrected chi connectivity index (χ1v) is 17.7. The van der Waals surface area contributed by atoms with Crippen LogP contribution in [-0.2, 0) is 38.6 Å². The van der Waals surface area contributed by atoms with Gasteiger partial charge in [-0.15, -0.1) is 0 Å². The number of halogens is 1. The Bertz CT molecular complexity index is 1840. The molecule has 6 atom stereocenters. The zero-order valence-corrected chi connectivity index (χ0v) is 27.6. The molecule has 4 aromatic rings. The van der Waals surface area contributed by atoms with Crippen LogP contribution in [-0.4, -0.2) is 39.2 Å². The van der Waals surface area contributed by atoms with E-state index >= 15 is 0 Å². The van der Waals surface area contributed by atoms with Crippen LogP contribution in [0.2, 0.25) is 0 Å². The molecule has 0 aliphatic carbocycles. The quantitative estimate of drug-likeness (QED) is 0.109. The third-order valence-electron chi connectivity index (χ3n) is 6.82. The smallest absolute Gasteiger partial charge is 0.460 e. The maximum absolute atomic E-state index is 13.7. The summed E-state index contributed by atoms with van der Waals surface area (Å²) in [6, 6.07) is 21.2. The fourth-order valence-corrected chi connectivity index (χ4v) is 7.31. The van der Waals surface area contributed by atoms with Crippen molar-refractivity contribution in [1.82, 2.24) is 14.6 Å². The number of rotatable bonds is 15. The van der Waals surface area contributed by atoms with E-state index in [2.05, 4.69) is 5.09 Å². The zero-order chi connectivity index (χ0) is 33.4. The molecule has 0 spiro atoms. The Hall–Kier alpha value is -3.35. The Balaban J connectivity index is 1.16. The molecule has 1 aromatic heterocycles. The molecule has 1 aliphatic heterocycles. The summed E-state index contributed by atoms with van der Waals surface area (Å²) in [5.74, 6) is -1.29. The van der Waals surface area contributed by atoms with Crippen LogP contribution in [0.3, 0.4) is 0 Å². The largest absolute Gasteiger partial charge is 0.477 e. The van der Waals surface area contributed by atoms with Gasteiger partial charge < -0.3 is 18.9 Å². The lowest BCUT2D eigenvalue weighted by atomic mass is 10.1. The van der Waals surface area contributed by atoms with Gasteiger partial charge in [-0.3, -0.25) is 28.0 Å². The summed E-state index contributed by atoms with van der Waals surface area (Å²) in [6.07, 6.45) is -0.332. The third kappa shape index (κ3) is 9.84. The highest BCUT2D eigenvalue weighted by molar-refractivity contribution is 7.58. The monoisotopic (exact) mass is 709 g/mol. The molecule has 0 radical (unpaired) electrons. The highest BCUT2D eigenvalue weighted by Gasteiger charge is 2.32. The molecule has 3 N–H and O–H groups in total. The number of phosphoric acid groups is 1. The van der Waals surface area contributed by atoms with Gasteiger partial charge in [0, 0.05) is 5.39 Å². The molecule has 2 heterocycles. The van der Waals surface area contributed by atoms with E-state index < -0.39 is 66.8 Å². The fourth-order valence-electron chi connectivity index (χ4n) is 4.49. The molecule has 1 fully saturated rings. The van der Waals surface area contributed by atoms with Crippen molar-refractivity contribution in [2.24, 2.45) is 0 Å². The predicted octanol–water partition coefficient (Wildman–Crippen LogP) is 5.19. The number of aromatic nitrogens is 2. The molecule has 250 valence electrons. The van der Waals surface area contributed by atoms with Crippen molar-refractivity contribution in [3.63, 3.8) is 0 Å². The van der Waals surface area contributed by atoms with E-state index in [1.54, 1.807) is 19.1 Å². The molecule has 14 nitrogen and oxygen atoms in total. The molecule has 5 rings (SSSR count). The Kier molecular flexibility index (Phi) is 12.0. The van der Waals surface area contributed by atoms with Crippen LogP contribution < -0.4 is 20.9 Å². The zero-order valence-electron chi connectivity index (χ0n) is 24.8. The minimum Gasteiger partial charge on any atom is -0.460 e. The number of benzene rings is 3. The predicted molar refractivity (Wildman–Crippen MR) is 171 cm³/mol. The molecule has 0 amide bonds. The maximum Gasteiger partial charge on any atom is 0.477 e. The number of hydrogen-bond donors (Lipinski definition) is 3. The number of H-pyrrole nitrogens is 1. The van der Waals surface area contributed by atoms with E-state index in [1.807, 2.05) is 65.6 Å². The second kappa shape index (κ2) is 16.2. The number of nitrogens with one attached hydrogen (secondary N) is 2. The minimum absolute atomic E-state index is 0.0640. The molecule has 0 saturated carbocycles. The molecular weight excluding hydrogens is 678 g/mol. The minimum atomic E-state index is -4.67. The SMILES string of the molecule is C[C@H](NP(OPOP(=O)(O)OC[C@@H]1CC[C@H](n2cc(F)c(=O)[nH]c2=O)O1)Oc1cccc2ccccc12)C(=O)OCc1ccccc1. The number of carbonyl (C=O) groups excluding carboxylic acids is 1. The number of hydrogen-bond acceptors (Lipinski definition) is 11. The van der Waals surface area contributed by atoms with Crippen molar-refractivity contribution < 1.29 is 45.8 Å². The summed E-state index contributed by atoms with van der Waals surface area (Å²) < 4.78 is 60.1. The summed E-state index contributed by atoms with van der Waals surface area (Å²) in [6.45, 7) is 1.24. The number of carbonyl (C=O) groups is 1. The molecule has 47 heavy (non-hydrogen) atoms. The van der Waals surface area contributed by atoms with Gasteiger partial charge in [-0.2, -0.15) is 4.39 Å². The first-order chi connectivity index (χ1) is 22.6. The van der Waals surface area contributed by atoms with E-state index in [9.17, 15) is 28.2 Å². The first kappa shape index (κ1) is 35.0. The van der Waals surface area contributed by atoms with E-state index in [0.717, 1.165) is 27.1 Å². The molecule has 1 saturated heterocycles. The summed E-state index contributed by atoms with van der Waals surface area (Å²) in [5.41, 5.74) is -1.19. The van der Waals surface area contributed by atoms with Gasteiger partial charge >= 0.3 is 28.0 Å².